The third-order valence-corrected chi connectivity index (χ3v) is 3.74. The highest BCUT2D eigenvalue weighted by Gasteiger charge is 2.18. The Morgan fingerprint density at radius 1 is 0.826 bits per heavy atom. The van der Waals surface area contributed by atoms with Gasteiger partial charge in [-0.15, -0.1) is 0 Å². The fraction of sp³-hybridized carbons (Fsp3) is 0.263. The second-order valence-electron chi connectivity index (χ2n) is 5.90. The summed E-state index contributed by atoms with van der Waals surface area (Å²) in [5.41, 5.74) is 0.895. The molecule has 0 N–H and O–H groups in total. The van der Waals surface area contributed by atoms with Crippen molar-refractivity contribution in [1.29, 1.82) is 0 Å². The van der Waals surface area contributed by atoms with Crippen LogP contribution in [0.5, 0.6) is 0 Å². The molecular formula is C19H18N2O2. The topological polar surface area (TPSA) is 58.9 Å². The van der Waals surface area contributed by atoms with Crippen molar-refractivity contribution in [3.05, 3.63) is 71.9 Å². The van der Waals surface area contributed by atoms with E-state index in [0.29, 0.717) is 0 Å². The molecule has 0 aromatic rings. The highest BCUT2D eigenvalue weighted by Crippen LogP contribution is 2.25. The normalized spacial score (nSPS) is 28.8. The molecular weight excluding hydrogens is 288 g/mol. The molecule has 0 heterocycles. The SMILES string of the molecule is CC1(N=C=O)C=CC=C(CC2=CC=C[C@@](C)(N=C=O)C=C2)C=C1. The Hall–Kier alpha value is -2.80. The summed E-state index contributed by atoms with van der Waals surface area (Å²) < 4.78 is 0. The van der Waals surface area contributed by atoms with Crippen LogP contribution < -0.4 is 0 Å². The minimum Gasteiger partial charge on any atom is -0.211 e. The molecule has 0 amide bonds. The lowest BCUT2D eigenvalue weighted by atomic mass is 10.00. The summed E-state index contributed by atoms with van der Waals surface area (Å²) in [6, 6.07) is 0. The summed E-state index contributed by atoms with van der Waals surface area (Å²) in [5, 5.41) is 0. The van der Waals surface area contributed by atoms with Gasteiger partial charge in [-0.25, -0.2) is 9.59 Å². The van der Waals surface area contributed by atoms with Crippen molar-refractivity contribution in [1.82, 2.24) is 0 Å². The summed E-state index contributed by atoms with van der Waals surface area (Å²) in [6.07, 6.45) is 23.1. The number of aliphatic imine (C=N–C) groups is 2. The zero-order valence-corrected chi connectivity index (χ0v) is 13.2. The Morgan fingerprint density at radius 2 is 1.26 bits per heavy atom. The Kier molecular flexibility index (Phi) is 5.02. The maximum atomic E-state index is 10.5. The van der Waals surface area contributed by atoms with Gasteiger partial charge in [0.1, 0.15) is 11.1 Å². The van der Waals surface area contributed by atoms with Crippen LogP contribution in [0.3, 0.4) is 0 Å². The smallest absolute Gasteiger partial charge is 0.211 e. The fourth-order valence-corrected chi connectivity index (χ4v) is 2.32. The van der Waals surface area contributed by atoms with Gasteiger partial charge >= 0.3 is 0 Å². The number of hydrogen-bond donors (Lipinski definition) is 0. The van der Waals surface area contributed by atoms with Gasteiger partial charge in [0.2, 0.25) is 12.2 Å². The van der Waals surface area contributed by atoms with Crippen molar-refractivity contribution < 1.29 is 9.59 Å². The molecule has 1 unspecified atom stereocenters. The highest BCUT2D eigenvalue weighted by atomic mass is 16.1. The van der Waals surface area contributed by atoms with E-state index in [2.05, 4.69) is 9.98 Å². The van der Waals surface area contributed by atoms with Crippen molar-refractivity contribution in [3.8, 4) is 0 Å². The number of nitrogens with zero attached hydrogens (tertiary/aromatic N) is 2. The number of isocyanates is 2. The average Bonchev–Trinajstić information content (AvgIpc) is 2.78. The largest absolute Gasteiger partial charge is 0.236 e. The van der Waals surface area contributed by atoms with E-state index in [1.165, 1.54) is 0 Å². The highest BCUT2D eigenvalue weighted by molar-refractivity contribution is 5.45. The van der Waals surface area contributed by atoms with E-state index < -0.39 is 11.1 Å². The van der Waals surface area contributed by atoms with Crippen LogP contribution in [-0.4, -0.2) is 23.2 Å². The van der Waals surface area contributed by atoms with Gasteiger partial charge in [-0.3, -0.25) is 0 Å². The molecule has 2 rings (SSSR count). The van der Waals surface area contributed by atoms with Crippen molar-refractivity contribution in [3.63, 3.8) is 0 Å². The number of rotatable bonds is 4. The molecule has 2 aliphatic carbocycles. The van der Waals surface area contributed by atoms with Gasteiger partial charge in [-0.1, -0.05) is 60.8 Å². The molecule has 4 nitrogen and oxygen atoms in total. The molecule has 0 aromatic carbocycles. The molecule has 2 atom stereocenters. The van der Waals surface area contributed by atoms with E-state index in [-0.39, 0.29) is 0 Å². The molecule has 0 radical (unpaired) electrons. The van der Waals surface area contributed by atoms with Crippen LogP contribution >= 0.6 is 0 Å². The minimum absolute atomic E-state index is 0.648. The second kappa shape index (κ2) is 6.97. The quantitative estimate of drug-likeness (QED) is 0.587. The van der Waals surface area contributed by atoms with Gasteiger partial charge in [-0.2, -0.15) is 9.98 Å². The van der Waals surface area contributed by atoms with Gasteiger partial charge in [0, 0.05) is 0 Å². The van der Waals surface area contributed by atoms with Crippen LogP contribution in [0, 0.1) is 0 Å². The van der Waals surface area contributed by atoms with Crippen LogP contribution in [0.2, 0.25) is 0 Å². The monoisotopic (exact) mass is 306 g/mol. The molecule has 0 aliphatic heterocycles. The first-order valence-electron chi connectivity index (χ1n) is 7.32. The average molecular weight is 306 g/mol. The molecule has 2 aliphatic rings. The molecule has 23 heavy (non-hydrogen) atoms. The van der Waals surface area contributed by atoms with E-state index in [1.807, 2.05) is 74.6 Å². The van der Waals surface area contributed by atoms with Crippen LogP contribution in [0.25, 0.3) is 0 Å². The third kappa shape index (κ3) is 4.58. The molecule has 116 valence electrons. The first-order valence-corrected chi connectivity index (χ1v) is 7.32. The molecule has 0 aromatic heterocycles. The molecule has 0 bridgehead atoms. The maximum absolute atomic E-state index is 10.5. The van der Waals surface area contributed by atoms with E-state index in [0.717, 1.165) is 17.6 Å². The van der Waals surface area contributed by atoms with Crippen LogP contribution in [0.4, 0.5) is 0 Å². The zero-order valence-electron chi connectivity index (χ0n) is 13.2. The van der Waals surface area contributed by atoms with Crippen LogP contribution in [0.1, 0.15) is 20.3 Å². The summed E-state index contributed by atoms with van der Waals surface area (Å²) in [5.74, 6) is 0. The Labute approximate surface area is 135 Å². The maximum Gasteiger partial charge on any atom is 0.236 e. The van der Waals surface area contributed by atoms with Crippen molar-refractivity contribution in [2.24, 2.45) is 9.98 Å². The van der Waals surface area contributed by atoms with E-state index in [9.17, 15) is 9.59 Å². The van der Waals surface area contributed by atoms with E-state index >= 15 is 0 Å². The van der Waals surface area contributed by atoms with Crippen LogP contribution in [-0.2, 0) is 9.59 Å². The molecule has 0 saturated carbocycles. The van der Waals surface area contributed by atoms with Gasteiger partial charge in [0.25, 0.3) is 0 Å². The molecule has 0 saturated heterocycles. The summed E-state index contributed by atoms with van der Waals surface area (Å²) in [4.78, 5) is 28.6. The van der Waals surface area contributed by atoms with Crippen LogP contribution in [0.15, 0.2) is 81.9 Å². The number of carbonyl (C=O) groups excluding carboxylic acids is 2. The van der Waals surface area contributed by atoms with Crippen molar-refractivity contribution in [2.45, 2.75) is 31.3 Å². The summed E-state index contributed by atoms with van der Waals surface area (Å²) in [7, 11) is 0. The van der Waals surface area contributed by atoms with E-state index in [4.69, 9.17) is 0 Å². The standard InChI is InChI=1S/C19H18N2O2/c1-18(20-14-22)9-3-5-16(7-11-18)13-17-6-4-10-19(2,12-8-17)21-15-23/h3-12H,13H2,1-2H3/t18-,19?/m1/s1. The predicted octanol–water partition coefficient (Wildman–Crippen LogP) is 3.67. The summed E-state index contributed by atoms with van der Waals surface area (Å²) in [6.45, 7) is 3.69. The Morgan fingerprint density at radius 3 is 1.65 bits per heavy atom. The lowest BCUT2D eigenvalue weighted by Gasteiger charge is -2.12. The van der Waals surface area contributed by atoms with Crippen molar-refractivity contribution >= 4 is 12.2 Å². The zero-order chi connectivity index (χ0) is 16.8. The van der Waals surface area contributed by atoms with Gasteiger partial charge in [-0.05, 0) is 31.4 Å². The third-order valence-electron chi connectivity index (χ3n) is 3.74. The minimum atomic E-state index is -0.648. The van der Waals surface area contributed by atoms with Gasteiger partial charge < -0.3 is 0 Å². The number of hydrogen-bond acceptors (Lipinski definition) is 4. The Balaban J connectivity index is 2.15. The molecule has 4 heteroatoms. The first kappa shape index (κ1) is 16.6. The lowest BCUT2D eigenvalue weighted by molar-refractivity contribution is 0.556. The van der Waals surface area contributed by atoms with E-state index in [1.54, 1.807) is 12.2 Å². The Bertz CT molecular complexity index is 690. The predicted molar refractivity (Wildman–Crippen MR) is 90.4 cm³/mol. The lowest BCUT2D eigenvalue weighted by Crippen LogP contribution is -2.13. The first-order chi connectivity index (χ1) is 11.0. The molecule has 0 spiro atoms. The second-order valence-corrected chi connectivity index (χ2v) is 5.90. The van der Waals surface area contributed by atoms with Crippen molar-refractivity contribution in [2.75, 3.05) is 0 Å². The number of allylic oxidation sites excluding steroid dienone is 8. The van der Waals surface area contributed by atoms with Gasteiger partial charge in [0.15, 0.2) is 0 Å². The van der Waals surface area contributed by atoms with Gasteiger partial charge in [0.05, 0.1) is 0 Å². The molecule has 0 fully saturated rings. The fourth-order valence-electron chi connectivity index (χ4n) is 2.32. The summed E-state index contributed by atoms with van der Waals surface area (Å²) >= 11 is 0.